The molecule has 1 nitrogen and oxygen atoms in total. The summed E-state index contributed by atoms with van der Waals surface area (Å²) >= 11 is 5.33. The first-order chi connectivity index (χ1) is 7.76. The highest BCUT2D eigenvalue weighted by molar-refractivity contribution is 9.10. The summed E-state index contributed by atoms with van der Waals surface area (Å²) in [6.07, 6.45) is 0.911. The zero-order valence-electron chi connectivity index (χ0n) is 9.59. The summed E-state index contributed by atoms with van der Waals surface area (Å²) in [5, 5.41) is 3.29. The second-order valence-electron chi connectivity index (χ2n) is 3.38. The van der Waals surface area contributed by atoms with Crippen molar-refractivity contribution in [3.8, 4) is 11.8 Å². The van der Waals surface area contributed by atoms with Crippen LogP contribution in [-0.4, -0.2) is 18.8 Å². The predicted molar refractivity (Wildman–Crippen MR) is 75.8 cm³/mol. The summed E-state index contributed by atoms with van der Waals surface area (Å²) in [7, 11) is 1.99. The number of halogens is 1. The molecule has 0 aliphatic heterocycles. The molecule has 1 rings (SSSR count). The maximum absolute atomic E-state index is 3.48. The van der Waals surface area contributed by atoms with Crippen molar-refractivity contribution in [3.05, 3.63) is 28.7 Å². The Labute approximate surface area is 111 Å². The molecule has 1 N–H and O–H groups in total. The molecule has 0 aliphatic rings. The van der Waals surface area contributed by atoms with E-state index >= 15 is 0 Å². The molecule has 0 spiro atoms. The first-order valence-corrected chi connectivity index (χ1v) is 6.99. The fourth-order valence-electron chi connectivity index (χ4n) is 1.22. The Kier molecular flexibility index (Phi) is 6.63. The van der Waals surface area contributed by atoms with Crippen LogP contribution in [0.2, 0.25) is 0 Å². The van der Waals surface area contributed by atoms with Crippen molar-refractivity contribution in [2.24, 2.45) is 0 Å². The minimum atomic E-state index is 0.455. The van der Waals surface area contributed by atoms with Gasteiger partial charge in [0.2, 0.25) is 0 Å². The van der Waals surface area contributed by atoms with Crippen LogP contribution in [0.25, 0.3) is 0 Å². The molecule has 86 valence electrons. The van der Waals surface area contributed by atoms with Crippen LogP contribution in [0, 0.1) is 11.8 Å². The van der Waals surface area contributed by atoms with E-state index in [9.17, 15) is 0 Å². The van der Waals surface area contributed by atoms with Crippen LogP contribution in [0.1, 0.15) is 13.3 Å². The van der Waals surface area contributed by atoms with Crippen LogP contribution < -0.4 is 5.32 Å². The molecule has 0 fully saturated rings. The van der Waals surface area contributed by atoms with Gasteiger partial charge in [-0.15, -0.1) is 23.6 Å². The Hall–Kier alpha value is -0.430. The lowest BCUT2D eigenvalue weighted by Gasteiger charge is -2.12. The highest BCUT2D eigenvalue weighted by Crippen LogP contribution is 2.22. The van der Waals surface area contributed by atoms with Gasteiger partial charge in [0.25, 0.3) is 0 Å². The fraction of sp³-hybridized carbons (Fsp3) is 0.385. The molecule has 0 saturated heterocycles. The van der Waals surface area contributed by atoms with Crippen molar-refractivity contribution in [1.82, 2.24) is 5.32 Å². The average molecular weight is 298 g/mol. The first kappa shape index (κ1) is 13.6. The number of thioether (sulfide) groups is 1. The Morgan fingerprint density at radius 2 is 2.31 bits per heavy atom. The molecular formula is C13H16BrNS. The van der Waals surface area contributed by atoms with Crippen LogP contribution in [0.15, 0.2) is 33.6 Å². The highest BCUT2D eigenvalue weighted by atomic mass is 79.9. The molecule has 0 radical (unpaired) electrons. The molecule has 3 heteroatoms. The van der Waals surface area contributed by atoms with Gasteiger partial charge in [-0.05, 0) is 32.2 Å². The third-order valence-electron chi connectivity index (χ3n) is 2.18. The summed E-state index contributed by atoms with van der Waals surface area (Å²) in [5.41, 5.74) is 0. The molecule has 0 amide bonds. The lowest BCUT2D eigenvalue weighted by atomic mass is 10.2. The molecule has 0 aromatic heterocycles. The van der Waals surface area contributed by atoms with E-state index in [-0.39, 0.29) is 0 Å². The molecular weight excluding hydrogens is 282 g/mol. The number of hydrogen-bond acceptors (Lipinski definition) is 2. The fourth-order valence-corrected chi connectivity index (χ4v) is 2.84. The minimum absolute atomic E-state index is 0.455. The maximum atomic E-state index is 3.48. The summed E-state index contributed by atoms with van der Waals surface area (Å²) in [6, 6.07) is 8.84. The van der Waals surface area contributed by atoms with E-state index in [0.717, 1.165) is 16.6 Å². The standard InChI is InChI=1S/C13H16BrNS/c1-3-4-7-12(15-2)10-16-13-8-5-6-11(14)9-13/h5-6,8-9,12,15H,7,10H2,1-2H3. The molecule has 16 heavy (non-hydrogen) atoms. The quantitative estimate of drug-likeness (QED) is 0.659. The highest BCUT2D eigenvalue weighted by Gasteiger charge is 2.05. The van der Waals surface area contributed by atoms with Crippen molar-refractivity contribution in [2.45, 2.75) is 24.3 Å². The van der Waals surface area contributed by atoms with Crippen molar-refractivity contribution >= 4 is 27.7 Å². The van der Waals surface area contributed by atoms with E-state index in [4.69, 9.17) is 0 Å². The molecule has 0 saturated carbocycles. The van der Waals surface area contributed by atoms with E-state index in [0.29, 0.717) is 6.04 Å². The zero-order valence-corrected chi connectivity index (χ0v) is 12.0. The third-order valence-corrected chi connectivity index (χ3v) is 3.83. The van der Waals surface area contributed by atoms with Gasteiger partial charge in [0.05, 0.1) is 0 Å². The molecule has 1 unspecified atom stereocenters. The predicted octanol–water partition coefficient (Wildman–Crippen LogP) is 3.54. The third kappa shape index (κ3) is 5.07. The Morgan fingerprint density at radius 1 is 1.50 bits per heavy atom. The lowest BCUT2D eigenvalue weighted by molar-refractivity contribution is 0.637. The Balaban J connectivity index is 2.45. The zero-order chi connectivity index (χ0) is 11.8. The molecule has 1 atom stereocenters. The van der Waals surface area contributed by atoms with E-state index in [2.05, 4.69) is 51.3 Å². The van der Waals surface area contributed by atoms with Crippen LogP contribution in [0.3, 0.4) is 0 Å². The molecule has 0 aliphatic carbocycles. The van der Waals surface area contributed by atoms with Gasteiger partial charge in [-0.1, -0.05) is 22.0 Å². The Bertz CT molecular complexity index is 381. The van der Waals surface area contributed by atoms with Gasteiger partial charge in [-0.3, -0.25) is 0 Å². The van der Waals surface area contributed by atoms with Crippen molar-refractivity contribution < 1.29 is 0 Å². The van der Waals surface area contributed by atoms with Gasteiger partial charge in [-0.25, -0.2) is 0 Å². The second-order valence-corrected chi connectivity index (χ2v) is 5.39. The Morgan fingerprint density at radius 3 is 2.94 bits per heavy atom. The molecule has 0 bridgehead atoms. The number of hydrogen-bond donors (Lipinski definition) is 1. The topological polar surface area (TPSA) is 12.0 Å². The monoisotopic (exact) mass is 297 g/mol. The summed E-state index contributed by atoms with van der Waals surface area (Å²) < 4.78 is 1.13. The first-order valence-electron chi connectivity index (χ1n) is 5.21. The average Bonchev–Trinajstić information content (AvgIpc) is 2.29. The van der Waals surface area contributed by atoms with E-state index in [1.807, 2.05) is 31.8 Å². The van der Waals surface area contributed by atoms with Gasteiger partial charge in [-0.2, -0.15) is 0 Å². The maximum Gasteiger partial charge on any atom is 0.0268 e. The number of nitrogens with one attached hydrogen (secondary N) is 1. The van der Waals surface area contributed by atoms with Crippen molar-refractivity contribution in [1.29, 1.82) is 0 Å². The summed E-state index contributed by atoms with van der Waals surface area (Å²) in [4.78, 5) is 1.29. The van der Waals surface area contributed by atoms with E-state index in [1.165, 1.54) is 4.90 Å². The number of rotatable bonds is 5. The second kappa shape index (κ2) is 7.78. The molecule has 0 heterocycles. The largest absolute Gasteiger partial charge is 0.315 e. The summed E-state index contributed by atoms with van der Waals surface area (Å²) in [6.45, 7) is 1.88. The van der Waals surface area contributed by atoms with Gasteiger partial charge < -0.3 is 5.32 Å². The van der Waals surface area contributed by atoms with Crippen LogP contribution in [0.5, 0.6) is 0 Å². The summed E-state index contributed by atoms with van der Waals surface area (Å²) in [5.74, 6) is 7.09. The number of benzene rings is 1. The smallest absolute Gasteiger partial charge is 0.0268 e. The van der Waals surface area contributed by atoms with E-state index in [1.54, 1.807) is 0 Å². The van der Waals surface area contributed by atoms with Crippen molar-refractivity contribution in [3.63, 3.8) is 0 Å². The minimum Gasteiger partial charge on any atom is -0.315 e. The van der Waals surface area contributed by atoms with Crippen LogP contribution >= 0.6 is 27.7 Å². The van der Waals surface area contributed by atoms with Gasteiger partial charge >= 0.3 is 0 Å². The van der Waals surface area contributed by atoms with Crippen LogP contribution in [-0.2, 0) is 0 Å². The normalized spacial score (nSPS) is 11.7. The van der Waals surface area contributed by atoms with Crippen LogP contribution in [0.4, 0.5) is 0 Å². The van der Waals surface area contributed by atoms with Crippen molar-refractivity contribution in [2.75, 3.05) is 12.8 Å². The molecule has 1 aromatic carbocycles. The van der Waals surface area contributed by atoms with E-state index < -0.39 is 0 Å². The lowest BCUT2D eigenvalue weighted by Crippen LogP contribution is -2.27. The van der Waals surface area contributed by atoms with Gasteiger partial charge in [0.1, 0.15) is 0 Å². The molecule has 1 aromatic rings. The van der Waals surface area contributed by atoms with Gasteiger partial charge in [0.15, 0.2) is 0 Å². The SMILES string of the molecule is CC#CCC(CSc1cccc(Br)c1)NC. The van der Waals surface area contributed by atoms with Gasteiger partial charge in [0, 0.05) is 27.6 Å².